The number of thiazole rings is 1. The first-order valence-corrected chi connectivity index (χ1v) is 8.96. The van der Waals surface area contributed by atoms with E-state index in [9.17, 15) is 9.59 Å². The second-order valence-electron chi connectivity index (χ2n) is 4.70. The van der Waals surface area contributed by atoms with Gasteiger partial charge in [-0.3, -0.25) is 9.59 Å². The molecule has 122 valence electrons. The second-order valence-corrected chi connectivity index (χ2v) is 6.78. The summed E-state index contributed by atoms with van der Waals surface area (Å²) >= 11 is 2.85. The Morgan fingerprint density at radius 3 is 2.83 bits per heavy atom. The van der Waals surface area contributed by atoms with Crippen LogP contribution in [0.4, 0.5) is 0 Å². The van der Waals surface area contributed by atoms with Gasteiger partial charge in [0.05, 0.1) is 24.5 Å². The molecule has 2 rings (SSSR count). The zero-order chi connectivity index (χ0) is 16.5. The average molecular weight is 350 g/mol. The van der Waals surface area contributed by atoms with Crippen LogP contribution < -0.4 is 5.32 Å². The van der Waals surface area contributed by atoms with E-state index in [2.05, 4.69) is 10.3 Å². The average Bonchev–Trinajstić information content (AvgIpc) is 3.01. The highest BCUT2D eigenvalue weighted by Crippen LogP contribution is 2.23. The number of hydrogen-bond donors (Lipinski definition) is 1. The van der Waals surface area contributed by atoms with Gasteiger partial charge in [-0.15, -0.1) is 11.3 Å². The van der Waals surface area contributed by atoms with Gasteiger partial charge in [0.15, 0.2) is 10.1 Å². The van der Waals surface area contributed by atoms with E-state index in [1.54, 1.807) is 19.2 Å². The van der Waals surface area contributed by atoms with Crippen LogP contribution in [0.3, 0.4) is 0 Å². The van der Waals surface area contributed by atoms with Crippen molar-refractivity contribution in [3.8, 4) is 0 Å². The number of nitrogens with zero attached hydrogens (tertiary/aromatic N) is 1. The second kappa shape index (κ2) is 9.44. The Morgan fingerprint density at radius 2 is 2.09 bits per heavy atom. The molecule has 0 saturated carbocycles. The maximum atomic E-state index is 12.0. The van der Waals surface area contributed by atoms with Crippen LogP contribution in [-0.2, 0) is 16.0 Å². The first kappa shape index (κ1) is 17.7. The predicted octanol–water partition coefficient (Wildman–Crippen LogP) is 2.42. The number of hydrogen-bond acceptors (Lipinski definition) is 6. The summed E-state index contributed by atoms with van der Waals surface area (Å²) in [6, 6.07) is 9.19. The summed E-state index contributed by atoms with van der Waals surface area (Å²) in [6.45, 7) is 0.984. The number of carbonyl (C=O) groups is 2. The van der Waals surface area contributed by atoms with E-state index in [-0.39, 0.29) is 18.1 Å². The van der Waals surface area contributed by atoms with E-state index in [1.165, 1.54) is 23.1 Å². The molecule has 0 aliphatic carbocycles. The molecule has 1 aromatic heterocycles. The van der Waals surface area contributed by atoms with Crippen molar-refractivity contribution >= 4 is 34.8 Å². The highest BCUT2D eigenvalue weighted by molar-refractivity contribution is 8.01. The fourth-order valence-electron chi connectivity index (χ4n) is 1.79. The van der Waals surface area contributed by atoms with Crippen molar-refractivity contribution in [3.05, 3.63) is 47.0 Å². The van der Waals surface area contributed by atoms with E-state index >= 15 is 0 Å². The van der Waals surface area contributed by atoms with Gasteiger partial charge in [0, 0.05) is 24.6 Å². The van der Waals surface area contributed by atoms with E-state index in [0.717, 1.165) is 10.0 Å². The van der Waals surface area contributed by atoms with Crippen molar-refractivity contribution in [2.45, 2.75) is 10.8 Å². The van der Waals surface area contributed by atoms with Crippen LogP contribution in [0.15, 0.2) is 40.1 Å². The van der Waals surface area contributed by atoms with E-state index in [1.807, 2.05) is 23.6 Å². The number of aromatic nitrogens is 1. The van der Waals surface area contributed by atoms with Crippen molar-refractivity contribution in [2.24, 2.45) is 0 Å². The molecule has 0 atom stereocenters. The Balaban J connectivity index is 1.78. The summed E-state index contributed by atoms with van der Waals surface area (Å²) in [7, 11) is 1.59. The Bertz CT molecular complexity index is 644. The van der Waals surface area contributed by atoms with Gasteiger partial charge in [0.2, 0.25) is 5.91 Å². The molecule has 0 fully saturated rings. The molecule has 1 heterocycles. The largest absolute Gasteiger partial charge is 0.383 e. The molecule has 0 aliphatic rings. The van der Waals surface area contributed by atoms with Crippen LogP contribution in [0.2, 0.25) is 0 Å². The van der Waals surface area contributed by atoms with Crippen molar-refractivity contribution in [3.63, 3.8) is 0 Å². The lowest BCUT2D eigenvalue weighted by atomic mass is 10.2. The van der Waals surface area contributed by atoms with Gasteiger partial charge >= 0.3 is 0 Å². The minimum atomic E-state index is -0.0794. The number of benzene rings is 1. The Hall–Kier alpha value is -1.70. The van der Waals surface area contributed by atoms with Crippen LogP contribution in [0, 0.1) is 0 Å². The zero-order valence-electron chi connectivity index (χ0n) is 12.8. The molecule has 1 N–H and O–H groups in total. The molecule has 0 unspecified atom stereocenters. The van der Waals surface area contributed by atoms with E-state index in [0.29, 0.717) is 24.5 Å². The number of thioether (sulfide) groups is 1. The van der Waals surface area contributed by atoms with Gasteiger partial charge in [-0.1, -0.05) is 42.1 Å². The normalized spacial score (nSPS) is 10.5. The first-order valence-electron chi connectivity index (χ1n) is 7.10. The van der Waals surface area contributed by atoms with Crippen LogP contribution >= 0.6 is 23.1 Å². The minimum absolute atomic E-state index is 0.0738. The van der Waals surface area contributed by atoms with Gasteiger partial charge < -0.3 is 10.1 Å². The number of ketones is 1. The molecule has 23 heavy (non-hydrogen) atoms. The number of Topliss-reactive ketones (excluding diaryl/α,β-unsaturated/α-hetero) is 1. The molecule has 1 aromatic carbocycles. The van der Waals surface area contributed by atoms with Crippen molar-refractivity contribution in [1.29, 1.82) is 0 Å². The quantitative estimate of drug-likeness (QED) is 0.427. The van der Waals surface area contributed by atoms with Gasteiger partial charge in [0.25, 0.3) is 0 Å². The molecule has 7 heteroatoms. The highest BCUT2D eigenvalue weighted by atomic mass is 32.2. The number of ether oxygens (including phenoxy) is 1. The molecule has 0 spiro atoms. The van der Waals surface area contributed by atoms with E-state index in [4.69, 9.17) is 4.74 Å². The topological polar surface area (TPSA) is 68.3 Å². The van der Waals surface area contributed by atoms with Gasteiger partial charge in [-0.25, -0.2) is 4.98 Å². The fourth-order valence-corrected chi connectivity index (χ4v) is 3.53. The van der Waals surface area contributed by atoms with Crippen molar-refractivity contribution in [2.75, 3.05) is 26.0 Å². The molecular formula is C16H18N2O3S2. The van der Waals surface area contributed by atoms with Crippen LogP contribution in [0.5, 0.6) is 0 Å². The van der Waals surface area contributed by atoms with Gasteiger partial charge in [-0.2, -0.15) is 0 Å². The molecule has 5 nitrogen and oxygen atoms in total. The summed E-state index contributed by atoms with van der Waals surface area (Å²) in [4.78, 5) is 28.1. The third-order valence-corrected chi connectivity index (χ3v) is 4.99. The predicted molar refractivity (Wildman–Crippen MR) is 92.2 cm³/mol. The Kier molecular flexibility index (Phi) is 7.25. The Morgan fingerprint density at radius 1 is 1.30 bits per heavy atom. The molecule has 0 saturated heterocycles. The van der Waals surface area contributed by atoms with Crippen LogP contribution in [0.25, 0.3) is 0 Å². The number of rotatable bonds is 9. The molecule has 0 radical (unpaired) electrons. The summed E-state index contributed by atoms with van der Waals surface area (Å²) in [6.07, 6.45) is 0.243. The number of nitrogens with one attached hydrogen (secondary N) is 1. The molecule has 2 aromatic rings. The molecule has 0 bridgehead atoms. The summed E-state index contributed by atoms with van der Waals surface area (Å²) in [5, 5.41) is 4.61. The molecule has 1 amide bonds. The number of methoxy groups -OCH3 is 1. The van der Waals surface area contributed by atoms with Crippen molar-refractivity contribution < 1.29 is 14.3 Å². The molecular weight excluding hydrogens is 332 g/mol. The third kappa shape index (κ3) is 6.13. The zero-order valence-corrected chi connectivity index (χ0v) is 14.4. The van der Waals surface area contributed by atoms with E-state index < -0.39 is 0 Å². The number of amides is 1. The van der Waals surface area contributed by atoms with Gasteiger partial charge in [0.1, 0.15) is 0 Å². The highest BCUT2D eigenvalue weighted by Gasteiger charge is 2.10. The summed E-state index contributed by atoms with van der Waals surface area (Å²) in [5.74, 6) is 0.339. The Labute approximate surface area is 143 Å². The summed E-state index contributed by atoms with van der Waals surface area (Å²) in [5.41, 5.74) is 1.42. The standard InChI is InChI=1S/C16H18N2O3S2/c1-21-8-7-17-15(20)9-13-10-22-16(18-13)23-11-14(19)12-5-3-2-4-6-12/h2-6,10H,7-9,11H2,1H3,(H,17,20). The third-order valence-electron chi connectivity index (χ3n) is 2.92. The van der Waals surface area contributed by atoms with Gasteiger partial charge in [-0.05, 0) is 0 Å². The monoisotopic (exact) mass is 350 g/mol. The summed E-state index contributed by atoms with van der Waals surface area (Å²) < 4.78 is 5.67. The lowest BCUT2D eigenvalue weighted by Crippen LogP contribution is -2.28. The minimum Gasteiger partial charge on any atom is -0.383 e. The SMILES string of the molecule is COCCNC(=O)Cc1csc(SCC(=O)c2ccccc2)n1. The van der Waals surface area contributed by atoms with Crippen LogP contribution in [0.1, 0.15) is 16.1 Å². The fraction of sp³-hybridized carbons (Fsp3) is 0.312. The maximum Gasteiger partial charge on any atom is 0.226 e. The molecule has 0 aliphatic heterocycles. The lowest BCUT2D eigenvalue weighted by Gasteiger charge is -2.02. The number of carbonyl (C=O) groups excluding carboxylic acids is 2. The first-order chi connectivity index (χ1) is 11.2. The van der Waals surface area contributed by atoms with Crippen molar-refractivity contribution in [1.82, 2.24) is 10.3 Å². The maximum absolute atomic E-state index is 12.0. The lowest BCUT2D eigenvalue weighted by molar-refractivity contribution is -0.120. The smallest absolute Gasteiger partial charge is 0.226 e. The van der Waals surface area contributed by atoms with Crippen LogP contribution in [-0.4, -0.2) is 42.7 Å².